The molecule has 5 heteroatoms. The van der Waals surface area contributed by atoms with Gasteiger partial charge in [-0.3, -0.25) is 4.79 Å². The number of aromatic amines is 1. The van der Waals surface area contributed by atoms with Crippen molar-refractivity contribution in [3.05, 3.63) is 18.5 Å². The fourth-order valence-corrected chi connectivity index (χ4v) is 1.70. The molecule has 5 nitrogen and oxygen atoms in total. The molecule has 82 valence electrons. The summed E-state index contributed by atoms with van der Waals surface area (Å²) in [5.74, 6) is 0.0288. The van der Waals surface area contributed by atoms with Crippen molar-refractivity contribution < 1.29 is 4.79 Å². The minimum absolute atomic E-state index is 0.0288. The third-order valence-electron chi connectivity index (χ3n) is 2.56. The fraction of sp³-hybridized carbons (Fsp3) is 0.500. The molecule has 1 saturated heterocycles. The molecule has 0 radical (unpaired) electrons. The van der Waals surface area contributed by atoms with Gasteiger partial charge in [-0.15, -0.1) is 0 Å². The molecule has 15 heavy (non-hydrogen) atoms. The van der Waals surface area contributed by atoms with E-state index in [2.05, 4.69) is 20.5 Å². The second-order valence-electron chi connectivity index (χ2n) is 3.86. The normalized spacial score (nSPS) is 22.6. The van der Waals surface area contributed by atoms with Crippen LogP contribution in [0.4, 0.5) is 5.69 Å². The first-order chi connectivity index (χ1) is 7.25. The average molecular weight is 208 g/mol. The number of H-pyrrole nitrogens is 1. The van der Waals surface area contributed by atoms with Gasteiger partial charge in [0, 0.05) is 32.0 Å². The maximum Gasteiger partial charge on any atom is 0.242 e. The van der Waals surface area contributed by atoms with E-state index in [9.17, 15) is 4.79 Å². The Morgan fingerprint density at radius 1 is 1.67 bits per heavy atom. The van der Waals surface area contributed by atoms with E-state index in [1.54, 1.807) is 12.4 Å². The second-order valence-corrected chi connectivity index (χ2v) is 3.86. The van der Waals surface area contributed by atoms with E-state index in [-0.39, 0.29) is 11.9 Å². The number of hydrogen-bond acceptors (Lipinski definition) is 3. The minimum Gasteiger partial charge on any atom is -0.366 e. The fourth-order valence-electron chi connectivity index (χ4n) is 1.70. The Bertz CT molecular complexity index is 322. The van der Waals surface area contributed by atoms with Gasteiger partial charge in [0.15, 0.2) is 0 Å². The van der Waals surface area contributed by atoms with Crippen LogP contribution in [-0.4, -0.2) is 48.5 Å². The number of aromatic nitrogens is 1. The molecule has 0 bridgehead atoms. The highest BCUT2D eigenvalue weighted by Gasteiger charge is 2.23. The van der Waals surface area contributed by atoms with Gasteiger partial charge in [-0.05, 0) is 13.1 Å². The van der Waals surface area contributed by atoms with Crippen molar-refractivity contribution in [1.82, 2.24) is 15.2 Å². The Kier molecular flexibility index (Phi) is 3.03. The van der Waals surface area contributed by atoms with Crippen molar-refractivity contribution in [3.63, 3.8) is 0 Å². The lowest BCUT2D eigenvalue weighted by Crippen LogP contribution is -2.54. The van der Waals surface area contributed by atoms with E-state index in [1.807, 2.05) is 13.1 Å². The van der Waals surface area contributed by atoms with Crippen molar-refractivity contribution in [2.45, 2.75) is 6.04 Å². The molecular formula is C10H16N4O. The zero-order chi connectivity index (χ0) is 10.7. The summed E-state index contributed by atoms with van der Waals surface area (Å²) in [6, 6.07) is 1.73. The van der Waals surface area contributed by atoms with Crippen LogP contribution < -0.4 is 10.6 Å². The number of carbonyl (C=O) groups is 1. The van der Waals surface area contributed by atoms with Crippen LogP contribution >= 0.6 is 0 Å². The maximum atomic E-state index is 11.8. The van der Waals surface area contributed by atoms with Gasteiger partial charge in [0.25, 0.3) is 0 Å². The Hall–Kier alpha value is -1.33. The Labute approximate surface area is 88.8 Å². The van der Waals surface area contributed by atoms with Crippen molar-refractivity contribution in [2.24, 2.45) is 0 Å². The molecule has 3 N–H and O–H groups in total. The van der Waals surface area contributed by atoms with Crippen LogP contribution in [0, 0.1) is 0 Å². The quantitative estimate of drug-likeness (QED) is 0.634. The number of nitrogens with zero attached hydrogens (tertiary/aromatic N) is 1. The average Bonchev–Trinajstić information content (AvgIpc) is 2.70. The Morgan fingerprint density at radius 3 is 3.20 bits per heavy atom. The van der Waals surface area contributed by atoms with E-state index in [4.69, 9.17) is 0 Å². The molecule has 1 aromatic heterocycles. The van der Waals surface area contributed by atoms with Crippen LogP contribution in [0.3, 0.4) is 0 Å². The highest BCUT2D eigenvalue weighted by atomic mass is 16.2. The molecular weight excluding hydrogens is 192 g/mol. The summed E-state index contributed by atoms with van der Waals surface area (Å²) in [5.41, 5.74) is 0.815. The van der Waals surface area contributed by atoms with Gasteiger partial charge >= 0.3 is 0 Å². The lowest BCUT2D eigenvalue weighted by Gasteiger charge is -2.29. The van der Waals surface area contributed by atoms with Gasteiger partial charge < -0.3 is 20.5 Å². The van der Waals surface area contributed by atoms with Crippen LogP contribution in [0.2, 0.25) is 0 Å². The van der Waals surface area contributed by atoms with Crippen molar-refractivity contribution in [1.29, 1.82) is 0 Å². The lowest BCUT2D eigenvalue weighted by atomic mass is 10.2. The van der Waals surface area contributed by atoms with Gasteiger partial charge in [0.05, 0.1) is 11.7 Å². The van der Waals surface area contributed by atoms with Gasteiger partial charge in [-0.2, -0.15) is 0 Å². The number of rotatable bonds is 2. The SMILES string of the molecule is CN1CCNC(C(=O)Nc2cc[nH]c2)C1. The number of carbonyl (C=O) groups excluding carboxylic acids is 1. The molecule has 1 unspecified atom stereocenters. The van der Waals surface area contributed by atoms with Crippen LogP contribution in [0.5, 0.6) is 0 Å². The Balaban J connectivity index is 1.90. The smallest absolute Gasteiger partial charge is 0.242 e. The van der Waals surface area contributed by atoms with Crippen LogP contribution in [-0.2, 0) is 4.79 Å². The first-order valence-corrected chi connectivity index (χ1v) is 5.11. The second kappa shape index (κ2) is 4.46. The number of hydrogen-bond donors (Lipinski definition) is 3. The number of likely N-dealkylation sites (N-methyl/N-ethyl adjacent to an activating group) is 1. The number of piperazine rings is 1. The molecule has 1 amide bonds. The van der Waals surface area contributed by atoms with E-state index >= 15 is 0 Å². The summed E-state index contributed by atoms with van der Waals surface area (Å²) in [5, 5.41) is 6.05. The highest BCUT2D eigenvalue weighted by molar-refractivity contribution is 5.94. The number of anilines is 1. The molecule has 0 spiro atoms. The topological polar surface area (TPSA) is 60.2 Å². The Morgan fingerprint density at radius 2 is 2.53 bits per heavy atom. The maximum absolute atomic E-state index is 11.8. The number of nitrogens with one attached hydrogen (secondary N) is 3. The third kappa shape index (κ3) is 2.57. The van der Waals surface area contributed by atoms with Crippen LogP contribution in [0.25, 0.3) is 0 Å². The van der Waals surface area contributed by atoms with Gasteiger partial charge in [-0.25, -0.2) is 0 Å². The first kappa shape index (κ1) is 10.2. The van der Waals surface area contributed by atoms with Crippen molar-refractivity contribution >= 4 is 11.6 Å². The summed E-state index contributed by atoms with van der Waals surface area (Å²) in [7, 11) is 2.03. The standard InChI is InChI=1S/C10H16N4O/c1-14-5-4-12-9(7-14)10(15)13-8-2-3-11-6-8/h2-3,6,9,11-12H,4-5,7H2,1H3,(H,13,15). The summed E-state index contributed by atoms with van der Waals surface area (Å²) in [4.78, 5) is 16.8. The molecule has 2 heterocycles. The van der Waals surface area contributed by atoms with E-state index in [1.165, 1.54) is 0 Å². The molecule has 0 aromatic carbocycles. The summed E-state index contributed by atoms with van der Waals surface area (Å²) in [6.07, 6.45) is 3.56. The summed E-state index contributed by atoms with van der Waals surface area (Å²) in [6.45, 7) is 2.62. The van der Waals surface area contributed by atoms with Gasteiger partial charge in [-0.1, -0.05) is 0 Å². The highest BCUT2D eigenvalue weighted by Crippen LogP contribution is 2.05. The predicted octanol–water partition coefficient (Wildman–Crippen LogP) is -0.143. The molecule has 0 saturated carbocycles. The van der Waals surface area contributed by atoms with Gasteiger partial charge in [0.1, 0.15) is 0 Å². The zero-order valence-corrected chi connectivity index (χ0v) is 8.79. The molecule has 1 atom stereocenters. The van der Waals surface area contributed by atoms with E-state index in [0.29, 0.717) is 0 Å². The lowest BCUT2D eigenvalue weighted by molar-refractivity contribution is -0.119. The summed E-state index contributed by atoms with van der Waals surface area (Å²) < 4.78 is 0. The largest absolute Gasteiger partial charge is 0.366 e. The van der Waals surface area contributed by atoms with E-state index in [0.717, 1.165) is 25.3 Å². The molecule has 1 aliphatic heterocycles. The van der Waals surface area contributed by atoms with Gasteiger partial charge in [0.2, 0.25) is 5.91 Å². The molecule has 1 aliphatic rings. The first-order valence-electron chi connectivity index (χ1n) is 5.11. The van der Waals surface area contributed by atoms with Crippen molar-refractivity contribution in [2.75, 3.05) is 32.0 Å². The van der Waals surface area contributed by atoms with Crippen LogP contribution in [0.1, 0.15) is 0 Å². The van der Waals surface area contributed by atoms with E-state index < -0.39 is 0 Å². The third-order valence-corrected chi connectivity index (χ3v) is 2.56. The predicted molar refractivity (Wildman–Crippen MR) is 58.7 cm³/mol. The minimum atomic E-state index is -0.112. The molecule has 1 fully saturated rings. The zero-order valence-electron chi connectivity index (χ0n) is 8.79. The molecule has 0 aliphatic carbocycles. The molecule has 2 rings (SSSR count). The monoisotopic (exact) mass is 208 g/mol. The number of amides is 1. The van der Waals surface area contributed by atoms with Crippen molar-refractivity contribution in [3.8, 4) is 0 Å². The van der Waals surface area contributed by atoms with Crippen LogP contribution in [0.15, 0.2) is 18.5 Å². The summed E-state index contributed by atoms with van der Waals surface area (Å²) >= 11 is 0. The molecule has 1 aromatic rings.